The molecule has 18 rings (SSSR count). The zero-order valence-electron chi connectivity index (χ0n) is 75.3. The maximum absolute atomic E-state index is 13.4. The first-order valence-electron chi connectivity index (χ1n) is 45.2. The van der Waals surface area contributed by atoms with E-state index >= 15 is 0 Å². The van der Waals surface area contributed by atoms with Crippen LogP contribution in [0.1, 0.15) is 234 Å². The lowest BCUT2D eigenvalue weighted by Crippen LogP contribution is -2.49. The number of hydrogen-bond acceptors (Lipinski definition) is 30. The highest BCUT2D eigenvalue weighted by Crippen LogP contribution is 2.69. The third-order valence-corrected chi connectivity index (χ3v) is 32.9. The van der Waals surface area contributed by atoms with Crippen molar-refractivity contribution >= 4 is 83.6 Å². The Kier molecular flexibility index (Phi) is 26.0. The summed E-state index contributed by atoms with van der Waals surface area (Å²) in [7, 11) is 1.31. The second-order valence-electron chi connectivity index (χ2n) is 42.1. The smallest absolute Gasteiger partial charge is 0.405 e. The van der Waals surface area contributed by atoms with Gasteiger partial charge in [0.2, 0.25) is 0 Å². The van der Waals surface area contributed by atoms with Gasteiger partial charge in [0.25, 0.3) is 0 Å². The quantitative estimate of drug-likeness (QED) is 0.0492. The number of rotatable bonds is 24. The van der Waals surface area contributed by atoms with Crippen molar-refractivity contribution in [2.45, 2.75) is 313 Å². The number of nitrogens with zero attached hydrogens (tertiary/aromatic N) is 1. The number of alkyl halides is 3. The number of hydrogen-bond donors (Lipinski definition) is 0. The summed E-state index contributed by atoms with van der Waals surface area (Å²) < 4.78 is 121. The van der Waals surface area contributed by atoms with Crippen molar-refractivity contribution in [2.24, 2.45) is 144 Å². The third-order valence-electron chi connectivity index (χ3n) is 32.9. The van der Waals surface area contributed by atoms with Gasteiger partial charge < -0.3 is 71.1 Å². The van der Waals surface area contributed by atoms with E-state index in [1.165, 1.54) is 7.11 Å². The Hall–Kier alpha value is -8.18. The van der Waals surface area contributed by atoms with Crippen LogP contribution in [0.3, 0.4) is 0 Å². The topological polar surface area (TPSA) is 401 Å². The summed E-state index contributed by atoms with van der Waals surface area (Å²) in [6.07, 6.45) is 2.02. The summed E-state index contributed by atoms with van der Waals surface area (Å²) in [5, 5.41) is 9.31. The highest BCUT2D eigenvalue weighted by molar-refractivity contribution is 5.88. The first-order valence-corrected chi connectivity index (χ1v) is 45.2. The second-order valence-corrected chi connectivity index (χ2v) is 42.1. The molecule has 6 saturated heterocycles. The fourth-order valence-corrected chi connectivity index (χ4v) is 22.7. The average Bonchev–Trinajstić information content (AvgIpc) is 1.52. The summed E-state index contributed by atoms with van der Waals surface area (Å²) in [6, 6.07) is 2.15. The molecule has 12 aliphatic carbocycles. The maximum atomic E-state index is 13.4. The third kappa shape index (κ3) is 16.5. The fourth-order valence-electron chi connectivity index (χ4n) is 22.7. The minimum Gasteiger partial charge on any atom is -0.469 e. The predicted octanol–water partition coefficient (Wildman–Crippen LogP) is 11.3. The molecule has 0 aromatic rings. The Morgan fingerprint density at radius 2 is 0.760 bits per heavy atom. The molecule has 0 aromatic heterocycles. The molecule has 0 radical (unpaired) electrons. The van der Waals surface area contributed by atoms with Gasteiger partial charge in [-0.05, 0) is 198 Å². The molecule has 0 N–H and O–H groups in total. The molecule has 6 heterocycles. The van der Waals surface area contributed by atoms with E-state index in [1.54, 1.807) is 27.7 Å². The highest BCUT2D eigenvalue weighted by atomic mass is 19.4. The normalized spacial score (nSPS) is 38.8. The number of halogens is 3. The molecule has 12 saturated carbocycles. The van der Waals surface area contributed by atoms with Crippen molar-refractivity contribution in [3.8, 4) is 6.07 Å². The molecule has 31 atom stereocenters. The second kappa shape index (κ2) is 34.4. The SMILES string of the molecule is CCC(C)(C)C(=O)OC1C2CC3C(=O)OC1C3C2.CCC(C)(C)C(=O)OC1C2CC3C1OC(=O)C3(C#N)C2.CCC(C)(C)C(=O)OC1C2CC3C1OC(=O)C3(C(F)(F)F)C2.CCC(C)(C)C(=O)OC1C2CC3C1OC(=O)C3C2C(=O)OC.CCC(C)(C)C(=O)OCC(=O)OC1C2CC3C(=O)OC1C3C2.CCC(C)(C)C(=O)OCCOC1C2CC3C(=O)OC1C3C2. The van der Waals surface area contributed by atoms with E-state index in [-0.39, 0.29) is 170 Å². The van der Waals surface area contributed by atoms with Crippen LogP contribution in [0.15, 0.2) is 0 Å². The molecular weight excluding hydrogens is 1640 g/mol. The van der Waals surface area contributed by atoms with E-state index < -0.39 is 140 Å². The Bertz CT molecular complexity index is 4310. The summed E-state index contributed by atoms with van der Waals surface area (Å²) in [5.74, 6) is -5.67. The number of methoxy groups -OCH3 is 1. The molecule has 6 aliphatic heterocycles. The van der Waals surface area contributed by atoms with Crippen molar-refractivity contribution in [3.05, 3.63) is 0 Å². The van der Waals surface area contributed by atoms with Gasteiger partial charge in [0.1, 0.15) is 73.8 Å². The number of esters is 14. The molecule has 30 nitrogen and oxygen atoms in total. The molecule has 18 aliphatic rings. The van der Waals surface area contributed by atoms with E-state index in [1.807, 2.05) is 96.9 Å². The van der Waals surface area contributed by atoms with Gasteiger partial charge in [-0.1, -0.05) is 41.5 Å². The standard InChI is InChI=1S/2C16H22O6.C16H24O5.C15H19F3O4.C15H19NO4.C14H20O4/c1-5-16(2,3)15(19)22-12-7-6-8-10(9(7)13(17)20-4)14(18)21-11(8)12;1-4-16(2,3)15(19)20-7-11(17)21-12-8-5-9-10(6-8)14(18)22-13(9)12;1-4-16(2,3)15(18)20-6-5-19-12-9-7-10-11(8-9)14(17)21-13(10)12;1-4-13(2,3)11(19)21-9-7-5-8-10(9)22-12(20)14(8,6-7)15(16,17)18;1-4-14(2,3)12(17)19-10-8-5-9-11(10)20-13(18)15(9,6-8)7-16;1-4-14(2,3)13(16)18-10-7-5-8-9(6-7)12(15)17-11(8)10/h7-12H,5-6H2,1-4H3;8-10,12-13H,4-7H2,1-3H3;9-13H,4-8H2,1-3H3;7-10H,4-6H2,1-3H3;8-11H,4-6H2,1-3H3;7-11H,4-6H2,1-3H3. The van der Waals surface area contributed by atoms with Gasteiger partial charge in [-0.3, -0.25) is 62.3 Å². The largest absolute Gasteiger partial charge is 0.469 e. The Labute approximate surface area is 727 Å². The van der Waals surface area contributed by atoms with Crippen LogP contribution >= 0.6 is 0 Å². The molecular formula is C92H126F3NO29. The highest BCUT2D eigenvalue weighted by Gasteiger charge is 2.81. The van der Waals surface area contributed by atoms with Crippen LogP contribution < -0.4 is 0 Å². The summed E-state index contributed by atoms with van der Waals surface area (Å²) in [6.45, 7) is 33.7. The lowest BCUT2D eigenvalue weighted by Gasteiger charge is -2.34. The minimum atomic E-state index is -4.62. The van der Waals surface area contributed by atoms with Crippen LogP contribution in [0.25, 0.3) is 0 Å². The van der Waals surface area contributed by atoms with Gasteiger partial charge in [-0.25, -0.2) is 4.79 Å². The monoisotopic (exact) mass is 1770 g/mol. The van der Waals surface area contributed by atoms with Crippen molar-refractivity contribution in [1.82, 2.24) is 0 Å². The number of carbonyl (C=O) groups excluding carboxylic acids is 14. The van der Waals surface area contributed by atoms with Crippen molar-refractivity contribution < 1.29 is 151 Å². The molecule has 12 bridgehead atoms. The minimum absolute atomic E-state index is 0.00409. The van der Waals surface area contributed by atoms with Gasteiger partial charge in [0.05, 0.1) is 88.0 Å². The van der Waals surface area contributed by atoms with E-state index in [2.05, 4.69) is 6.07 Å². The lowest BCUT2D eigenvalue weighted by molar-refractivity contribution is -0.231. The molecule has 0 amide bonds. The van der Waals surface area contributed by atoms with Crippen molar-refractivity contribution in [3.63, 3.8) is 0 Å². The summed E-state index contributed by atoms with van der Waals surface area (Å²) in [4.78, 5) is 167. The Morgan fingerprint density at radius 3 is 1.20 bits per heavy atom. The van der Waals surface area contributed by atoms with Gasteiger partial charge in [0, 0.05) is 65.1 Å². The van der Waals surface area contributed by atoms with Gasteiger partial charge in [0.15, 0.2) is 17.4 Å². The maximum Gasteiger partial charge on any atom is 0.405 e. The molecule has 0 aromatic carbocycles. The predicted molar refractivity (Wildman–Crippen MR) is 423 cm³/mol. The molecule has 0 spiro atoms. The zero-order valence-corrected chi connectivity index (χ0v) is 75.3. The zero-order chi connectivity index (χ0) is 91.8. The number of nitriles is 1. The van der Waals surface area contributed by atoms with Crippen LogP contribution in [0.4, 0.5) is 13.2 Å². The molecule has 694 valence electrons. The van der Waals surface area contributed by atoms with E-state index in [4.69, 9.17) is 71.1 Å². The van der Waals surface area contributed by atoms with Crippen molar-refractivity contribution in [2.75, 3.05) is 26.9 Å². The van der Waals surface area contributed by atoms with E-state index in [9.17, 15) is 85.6 Å². The molecule has 18 fully saturated rings. The number of ether oxygens (including phenoxy) is 15. The van der Waals surface area contributed by atoms with E-state index in [0.717, 1.165) is 57.8 Å². The van der Waals surface area contributed by atoms with E-state index in [0.29, 0.717) is 68.8 Å². The van der Waals surface area contributed by atoms with Gasteiger partial charge in [-0.15, -0.1) is 0 Å². The number of fused-ring (bicyclic) bond motifs is 6. The Morgan fingerprint density at radius 1 is 0.392 bits per heavy atom. The molecule has 33 heteroatoms. The fraction of sp³-hybridized carbons (Fsp3) is 0.837. The summed E-state index contributed by atoms with van der Waals surface area (Å²) in [5.41, 5.74) is -6.69. The van der Waals surface area contributed by atoms with Crippen LogP contribution in [0.2, 0.25) is 0 Å². The first kappa shape index (κ1) is 94.4. The van der Waals surface area contributed by atoms with Crippen LogP contribution in [-0.4, -0.2) is 190 Å². The lowest BCUT2D eigenvalue weighted by atomic mass is 9.73. The van der Waals surface area contributed by atoms with Gasteiger partial charge >= 0.3 is 89.7 Å². The van der Waals surface area contributed by atoms with Crippen LogP contribution in [0.5, 0.6) is 0 Å². The molecule has 125 heavy (non-hydrogen) atoms. The first-order chi connectivity index (χ1) is 58.4. The molecule has 31 unspecified atom stereocenters. The van der Waals surface area contributed by atoms with Crippen molar-refractivity contribution in [1.29, 1.82) is 5.26 Å². The number of carbonyl (C=O) groups is 14. The summed E-state index contributed by atoms with van der Waals surface area (Å²) >= 11 is 0. The van der Waals surface area contributed by atoms with Crippen LogP contribution in [0, 0.1) is 155 Å². The van der Waals surface area contributed by atoms with Crippen LogP contribution in [-0.2, 0) is 138 Å². The van der Waals surface area contributed by atoms with Gasteiger partial charge in [-0.2, -0.15) is 18.4 Å². The Balaban J connectivity index is 0.000000129. The average molecular weight is 1770 g/mol.